The summed E-state index contributed by atoms with van der Waals surface area (Å²) in [5, 5.41) is 11.7. The summed E-state index contributed by atoms with van der Waals surface area (Å²) >= 11 is 0. The molecule has 1 saturated carbocycles. The van der Waals surface area contributed by atoms with Crippen LogP contribution in [0, 0.1) is 5.92 Å². The lowest BCUT2D eigenvalue weighted by Crippen LogP contribution is -2.54. The Morgan fingerprint density at radius 3 is 2.16 bits per heavy atom. The summed E-state index contributed by atoms with van der Waals surface area (Å²) in [4.78, 5) is 37.9. The van der Waals surface area contributed by atoms with E-state index >= 15 is 0 Å². The molecule has 4 rings (SSSR count). The van der Waals surface area contributed by atoms with E-state index in [9.17, 15) is 14.4 Å². The monoisotopic (exact) mass is 436 g/mol. The van der Waals surface area contributed by atoms with Crippen LogP contribution in [0.5, 0.6) is 0 Å². The lowest BCUT2D eigenvalue weighted by atomic mass is 9.79. The molecule has 2 aromatic rings. The van der Waals surface area contributed by atoms with Crippen molar-refractivity contribution in [2.45, 2.75) is 44.2 Å². The molecule has 2 aliphatic carbocycles. The lowest BCUT2D eigenvalue weighted by molar-refractivity contribution is -0.150. The fourth-order valence-corrected chi connectivity index (χ4v) is 4.65. The van der Waals surface area contributed by atoms with Gasteiger partial charge in [0, 0.05) is 19.0 Å². The van der Waals surface area contributed by atoms with Gasteiger partial charge >= 0.3 is 12.1 Å². The smallest absolute Gasteiger partial charge is 0.407 e. The summed E-state index contributed by atoms with van der Waals surface area (Å²) in [6, 6.07) is 15.4. The van der Waals surface area contributed by atoms with Gasteiger partial charge in [-0.25, -0.2) is 4.79 Å². The highest BCUT2D eigenvalue weighted by Crippen LogP contribution is 2.44. The van der Waals surface area contributed by atoms with Gasteiger partial charge in [0.25, 0.3) is 0 Å². The maximum atomic E-state index is 12.8. The standard InChI is InChI=1S/C25H28N2O5/c1-3-22(23(28)27(2)16-12-15(13-16)24(29)30)26-25(31)32-14-21-19-10-6-4-8-17(19)18-9-5-7-11-20(18)21/h4-11,15-16,21-22H,3,12-14H2,1-2H3,(H,26,31)(H,29,30)/t15?,16?,22-/m1/s1. The molecule has 0 unspecified atom stereocenters. The third kappa shape index (κ3) is 4.07. The molecule has 0 aromatic heterocycles. The summed E-state index contributed by atoms with van der Waals surface area (Å²) < 4.78 is 5.55. The third-order valence-electron chi connectivity index (χ3n) is 6.70. The fourth-order valence-electron chi connectivity index (χ4n) is 4.65. The molecule has 32 heavy (non-hydrogen) atoms. The molecule has 2 amide bonds. The van der Waals surface area contributed by atoms with Crippen molar-refractivity contribution in [2.75, 3.05) is 13.7 Å². The fraction of sp³-hybridized carbons (Fsp3) is 0.400. The molecule has 2 N–H and O–H groups in total. The Balaban J connectivity index is 1.35. The predicted octanol–water partition coefficient (Wildman–Crippen LogP) is 3.63. The van der Waals surface area contributed by atoms with Gasteiger partial charge < -0.3 is 20.1 Å². The summed E-state index contributed by atoms with van der Waals surface area (Å²) in [5.74, 6) is -1.50. The number of nitrogens with one attached hydrogen (secondary N) is 1. The molecule has 2 aliphatic rings. The van der Waals surface area contributed by atoms with Crippen LogP contribution in [0.2, 0.25) is 0 Å². The van der Waals surface area contributed by atoms with Crippen molar-refractivity contribution in [3.63, 3.8) is 0 Å². The molecule has 0 spiro atoms. The number of carboxylic acid groups (broad SMARTS) is 1. The Labute approximate surface area is 187 Å². The van der Waals surface area contributed by atoms with Crippen molar-refractivity contribution in [3.8, 4) is 11.1 Å². The van der Waals surface area contributed by atoms with Gasteiger partial charge in [0.1, 0.15) is 12.6 Å². The summed E-state index contributed by atoms with van der Waals surface area (Å²) in [5.41, 5.74) is 4.56. The van der Waals surface area contributed by atoms with Crippen LogP contribution < -0.4 is 5.32 Å². The number of aliphatic carboxylic acids is 1. The Hall–Kier alpha value is -3.35. The first-order valence-corrected chi connectivity index (χ1v) is 11.0. The van der Waals surface area contributed by atoms with Crippen LogP contribution in [0.3, 0.4) is 0 Å². The number of likely N-dealkylation sites (N-methyl/N-ethyl adjacent to an activating group) is 1. The van der Waals surface area contributed by atoms with Crippen molar-refractivity contribution in [1.82, 2.24) is 10.2 Å². The molecule has 0 saturated heterocycles. The molecule has 168 valence electrons. The van der Waals surface area contributed by atoms with E-state index in [2.05, 4.69) is 29.6 Å². The number of hydrogen-bond donors (Lipinski definition) is 2. The van der Waals surface area contributed by atoms with Gasteiger partial charge in [-0.15, -0.1) is 0 Å². The van der Waals surface area contributed by atoms with E-state index in [4.69, 9.17) is 9.84 Å². The number of fused-ring (bicyclic) bond motifs is 3. The van der Waals surface area contributed by atoms with Crippen LogP contribution in [0.25, 0.3) is 11.1 Å². The van der Waals surface area contributed by atoms with Crippen molar-refractivity contribution < 1.29 is 24.2 Å². The van der Waals surface area contributed by atoms with Crippen LogP contribution in [0.1, 0.15) is 43.2 Å². The van der Waals surface area contributed by atoms with Gasteiger partial charge in [0.05, 0.1) is 5.92 Å². The Morgan fingerprint density at radius 1 is 1.06 bits per heavy atom. The number of carbonyl (C=O) groups is 3. The van der Waals surface area contributed by atoms with Crippen molar-refractivity contribution in [1.29, 1.82) is 0 Å². The second-order valence-corrected chi connectivity index (χ2v) is 8.54. The van der Waals surface area contributed by atoms with Crippen molar-refractivity contribution in [2.24, 2.45) is 5.92 Å². The van der Waals surface area contributed by atoms with Crippen LogP contribution >= 0.6 is 0 Å². The number of amides is 2. The van der Waals surface area contributed by atoms with E-state index in [1.165, 1.54) is 0 Å². The topological polar surface area (TPSA) is 95.9 Å². The normalized spacial score (nSPS) is 19.8. The minimum absolute atomic E-state index is 0.0467. The Bertz CT molecular complexity index is 985. The Kier molecular flexibility index (Phi) is 6.17. The predicted molar refractivity (Wildman–Crippen MR) is 119 cm³/mol. The first kappa shape index (κ1) is 21.9. The van der Waals surface area contributed by atoms with E-state index in [0.717, 1.165) is 22.3 Å². The SMILES string of the molecule is CC[C@@H](NC(=O)OCC1c2ccccc2-c2ccccc21)C(=O)N(C)C1CC(C(=O)O)C1. The van der Waals surface area contributed by atoms with Gasteiger partial charge in [0.15, 0.2) is 0 Å². The van der Waals surface area contributed by atoms with Gasteiger partial charge in [0.2, 0.25) is 5.91 Å². The second-order valence-electron chi connectivity index (χ2n) is 8.54. The van der Waals surface area contributed by atoms with Gasteiger partial charge in [-0.2, -0.15) is 0 Å². The quantitative estimate of drug-likeness (QED) is 0.691. The van der Waals surface area contributed by atoms with Gasteiger partial charge in [-0.3, -0.25) is 9.59 Å². The Morgan fingerprint density at radius 2 is 1.62 bits per heavy atom. The van der Waals surface area contributed by atoms with Gasteiger partial charge in [-0.05, 0) is 41.5 Å². The molecular weight excluding hydrogens is 408 g/mol. The van der Waals surface area contributed by atoms with E-state index in [1.807, 2.05) is 31.2 Å². The minimum Gasteiger partial charge on any atom is -0.481 e. The second kappa shape index (κ2) is 9.02. The number of alkyl carbamates (subject to hydrolysis) is 1. The van der Waals surface area contributed by atoms with Crippen LogP contribution in [-0.2, 0) is 14.3 Å². The van der Waals surface area contributed by atoms with E-state index < -0.39 is 24.0 Å². The van der Waals surface area contributed by atoms with Crippen molar-refractivity contribution >= 4 is 18.0 Å². The number of carbonyl (C=O) groups excluding carboxylic acids is 2. The number of ether oxygens (including phenoxy) is 1. The maximum absolute atomic E-state index is 12.8. The molecule has 7 nitrogen and oxygen atoms in total. The third-order valence-corrected chi connectivity index (χ3v) is 6.70. The van der Waals surface area contributed by atoms with Crippen LogP contribution in [0.15, 0.2) is 48.5 Å². The molecule has 1 fully saturated rings. The molecular formula is C25H28N2O5. The highest BCUT2D eigenvalue weighted by atomic mass is 16.5. The molecule has 0 radical (unpaired) electrons. The number of nitrogens with zero attached hydrogens (tertiary/aromatic N) is 1. The number of carboxylic acids is 1. The highest BCUT2D eigenvalue weighted by Gasteiger charge is 2.40. The lowest BCUT2D eigenvalue weighted by Gasteiger charge is -2.40. The van der Waals surface area contributed by atoms with Gasteiger partial charge in [-0.1, -0.05) is 55.5 Å². The van der Waals surface area contributed by atoms with Crippen LogP contribution in [0.4, 0.5) is 4.79 Å². The summed E-state index contributed by atoms with van der Waals surface area (Å²) in [6.45, 7) is 2.00. The summed E-state index contributed by atoms with van der Waals surface area (Å²) in [6.07, 6.45) is 0.679. The zero-order chi connectivity index (χ0) is 22.8. The molecule has 0 bridgehead atoms. The average Bonchev–Trinajstić information content (AvgIpc) is 3.08. The maximum Gasteiger partial charge on any atom is 0.407 e. The van der Waals surface area contributed by atoms with E-state index in [1.54, 1.807) is 11.9 Å². The molecule has 0 aliphatic heterocycles. The zero-order valence-electron chi connectivity index (χ0n) is 18.3. The molecule has 1 atom stereocenters. The average molecular weight is 437 g/mol. The first-order valence-electron chi connectivity index (χ1n) is 11.0. The molecule has 7 heteroatoms. The minimum atomic E-state index is -0.828. The summed E-state index contributed by atoms with van der Waals surface area (Å²) in [7, 11) is 1.66. The molecule has 2 aromatic carbocycles. The van der Waals surface area contributed by atoms with Crippen molar-refractivity contribution in [3.05, 3.63) is 59.7 Å². The van der Waals surface area contributed by atoms with Crippen LogP contribution in [-0.4, -0.2) is 53.7 Å². The first-order chi connectivity index (χ1) is 15.4. The highest BCUT2D eigenvalue weighted by molar-refractivity contribution is 5.86. The largest absolute Gasteiger partial charge is 0.481 e. The van der Waals surface area contributed by atoms with E-state index in [0.29, 0.717) is 19.3 Å². The number of benzene rings is 2. The number of rotatable bonds is 7. The van der Waals surface area contributed by atoms with E-state index in [-0.39, 0.29) is 24.5 Å². The number of hydrogen-bond acceptors (Lipinski definition) is 4. The zero-order valence-corrected chi connectivity index (χ0v) is 18.3. The molecule has 0 heterocycles.